The Bertz CT molecular complexity index is 647. The van der Waals surface area contributed by atoms with Gasteiger partial charge in [0.05, 0.1) is 5.75 Å². The van der Waals surface area contributed by atoms with Crippen LogP contribution in [0.15, 0.2) is 34.7 Å². The molecule has 7 nitrogen and oxygen atoms in total. The lowest BCUT2D eigenvalue weighted by atomic mass is 10.2. The SMILES string of the molecule is NC(=O)CCN(C(=O)CSc1nnc(N)s1)c1ccccc1. The van der Waals surface area contributed by atoms with E-state index in [0.29, 0.717) is 9.47 Å². The number of nitrogens with two attached hydrogens (primary N) is 2. The zero-order chi connectivity index (χ0) is 15.9. The van der Waals surface area contributed by atoms with Gasteiger partial charge < -0.3 is 16.4 Å². The van der Waals surface area contributed by atoms with Crippen LogP contribution >= 0.6 is 23.1 Å². The molecule has 1 aromatic carbocycles. The van der Waals surface area contributed by atoms with Gasteiger partial charge in [-0.15, -0.1) is 10.2 Å². The Balaban J connectivity index is 2.03. The average Bonchev–Trinajstić information content (AvgIpc) is 2.92. The summed E-state index contributed by atoms with van der Waals surface area (Å²) in [6.07, 6.45) is 0.108. The molecule has 0 spiro atoms. The van der Waals surface area contributed by atoms with Crippen molar-refractivity contribution in [1.29, 1.82) is 0 Å². The number of hydrogen-bond acceptors (Lipinski definition) is 7. The van der Waals surface area contributed by atoms with Crippen molar-refractivity contribution in [3.05, 3.63) is 30.3 Å². The first-order chi connectivity index (χ1) is 10.6. The average molecular weight is 337 g/mol. The minimum absolute atomic E-state index is 0.108. The molecule has 0 saturated heterocycles. The van der Waals surface area contributed by atoms with Crippen molar-refractivity contribution >= 4 is 45.7 Å². The van der Waals surface area contributed by atoms with Gasteiger partial charge in [-0.05, 0) is 12.1 Å². The first-order valence-corrected chi connectivity index (χ1v) is 8.22. The third-order valence-corrected chi connectivity index (χ3v) is 4.56. The zero-order valence-corrected chi connectivity index (χ0v) is 13.3. The Morgan fingerprint density at radius 2 is 1.95 bits per heavy atom. The van der Waals surface area contributed by atoms with Crippen LogP contribution in [-0.2, 0) is 9.59 Å². The molecule has 116 valence electrons. The van der Waals surface area contributed by atoms with Crippen molar-refractivity contribution in [3.63, 3.8) is 0 Å². The molecule has 22 heavy (non-hydrogen) atoms. The number of benzene rings is 1. The van der Waals surface area contributed by atoms with Crippen molar-refractivity contribution in [1.82, 2.24) is 10.2 Å². The van der Waals surface area contributed by atoms with Gasteiger partial charge in [-0.3, -0.25) is 9.59 Å². The lowest BCUT2D eigenvalue weighted by Crippen LogP contribution is -2.35. The fraction of sp³-hybridized carbons (Fsp3) is 0.231. The molecule has 0 aliphatic rings. The van der Waals surface area contributed by atoms with Gasteiger partial charge in [0.1, 0.15) is 0 Å². The van der Waals surface area contributed by atoms with Gasteiger partial charge in [0.15, 0.2) is 4.34 Å². The molecule has 0 aliphatic heterocycles. The van der Waals surface area contributed by atoms with E-state index in [1.807, 2.05) is 30.3 Å². The molecule has 0 unspecified atom stereocenters. The van der Waals surface area contributed by atoms with Gasteiger partial charge in [0, 0.05) is 18.7 Å². The number of amides is 2. The number of hydrogen-bond donors (Lipinski definition) is 2. The number of primary amides is 1. The summed E-state index contributed by atoms with van der Waals surface area (Å²) in [5.41, 5.74) is 11.4. The van der Waals surface area contributed by atoms with Gasteiger partial charge in [0.25, 0.3) is 0 Å². The number of carbonyl (C=O) groups is 2. The number of carbonyl (C=O) groups excluding carboxylic acids is 2. The Hall–Kier alpha value is -2.13. The summed E-state index contributed by atoms with van der Waals surface area (Å²) in [6, 6.07) is 9.15. The molecule has 2 amide bonds. The van der Waals surface area contributed by atoms with Gasteiger partial charge in [-0.2, -0.15) is 0 Å². The number of para-hydroxylation sites is 1. The van der Waals surface area contributed by atoms with E-state index >= 15 is 0 Å². The number of thioether (sulfide) groups is 1. The number of nitrogens with zero attached hydrogens (tertiary/aromatic N) is 3. The van der Waals surface area contributed by atoms with Crippen molar-refractivity contribution < 1.29 is 9.59 Å². The van der Waals surface area contributed by atoms with Gasteiger partial charge >= 0.3 is 0 Å². The molecule has 0 aliphatic carbocycles. The molecule has 0 fully saturated rings. The van der Waals surface area contributed by atoms with Crippen LogP contribution in [0.1, 0.15) is 6.42 Å². The second-order valence-corrected chi connectivity index (χ2v) is 6.52. The monoisotopic (exact) mass is 337 g/mol. The molecule has 0 bridgehead atoms. The first-order valence-electron chi connectivity index (χ1n) is 6.42. The zero-order valence-electron chi connectivity index (χ0n) is 11.6. The fourth-order valence-electron chi connectivity index (χ4n) is 1.71. The summed E-state index contributed by atoms with van der Waals surface area (Å²) in [7, 11) is 0. The topological polar surface area (TPSA) is 115 Å². The van der Waals surface area contributed by atoms with Crippen LogP contribution in [0.4, 0.5) is 10.8 Å². The van der Waals surface area contributed by atoms with Crippen molar-refractivity contribution in [2.75, 3.05) is 22.9 Å². The van der Waals surface area contributed by atoms with Crippen molar-refractivity contribution in [2.24, 2.45) is 5.73 Å². The van der Waals surface area contributed by atoms with E-state index in [-0.39, 0.29) is 24.6 Å². The Labute approximate surface area is 135 Å². The maximum atomic E-state index is 12.4. The highest BCUT2D eigenvalue weighted by atomic mass is 32.2. The Morgan fingerprint density at radius 3 is 2.55 bits per heavy atom. The lowest BCUT2D eigenvalue weighted by molar-refractivity contribution is -0.118. The largest absolute Gasteiger partial charge is 0.374 e. The van der Waals surface area contributed by atoms with Gasteiger partial charge in [-0.1, -0.05) is 41.3 Å². The summed E-state index contributed by atoms with van der Waals surface area (Å²) >= 11 is 2.49. The molecule has 2 aromatic rings. The first kappa shape index (κ1) is 16.2. The number of rotatable bonds is 7. The van der Waals surface area contributed by atoms with E-state index in [2.05, 4.69) is 10.2 Å². The minimum Gasteiger partial charge on any atom is -0.374 e. The van der Waals surface area contributed by atoms with Crippen molar-refractivity contribution in [3.8, 4) is 0 Å². The minimum atomic E-state index is -0.446. The van der Waals surface area contributed by atoms with Crippen LogP contribution < -0.4 is 16.4 Å². The molecule has 2 rings (SSSR count). The molecule has 0 saturated carbocycles. The Morgan fingerprint density at radius 1 is 1.23 bits per heavy atom. The number of nitrogen functional groups attached to an aromatic ring is 1. The normalized spacial score (nSPS) is 10.4. The van der Waals surface area contributed by atoms with E-state index in [4.69, 9.17) is 11.5 Å². The predicted molar refractivity (Wildman–Crippen MR) is 87.7 cm³/mol. The van der Waals surface area contributed by atoms with E-state index in [9.17, 15) is 9.59 Å². The molecule has 0 radical (unpaired) electrons. The van der Waals surface area contributed by atoms with E-state index < -0.39 is 5.91 Å². The van der Waals surface area contributed by atoms with Gasteiger partial charge in [0.2, 0.25) is 16.9 Å². The molecule has 9 heteroatoms. The van der Waals surface area contributed by atoms with Crippen LogP contribution in [0.5, 0.6) is 0 Å². The molecule has 1 aromatic heterocycles. The highest BCUT2D eigenvalue weighted by Gasteiger charge is 2.17. The molecule has 4 N–H and O–H groups in total. The Kier molecular flexibility index (Phi) is 5.73. The smallest absolute Gasteiger partial charge is 0.237 e. The summed E-state index contributed by atoms with van der Waals surface area (Å²) in [5, 5.41) is 7.92. The standard InChI is InChI=1S/C13H15N5O2S2/c14-10(19)6-7-18(9-4-2-1-3-5-9)11(20)8-21-13-17-16-12(15)22-13/h1-5H,6-8H2,(H2,14,19)(H2,15,16). The van der Waals surface area contributed by atoms with E-state index in [1.54, 1.807) is 4.90 Å². The van der Waals surface area contributed by atoms with Crippen LogP contribution in [0.25, 0.3) is 0 Å². The molecule has 0 atom stereocenters. The van der Waals surface area contributed by atoms with Gasteiger partial charge in [-0.25, -0.2) is 0 Å². The summed E-state index contributed by atoms with van der Waals surface area (Å²) in [4.78, 5) is 24.9. The third-order valence-electron chi connectivity index (χ3n) is 2.69. The van der Waals surface area contributed by atoms with E-state index in [0.717, 1.165) is 5.69 Å². The predicted octanol–water partition coefficient (Wildman–Crippen LogP) is 1.12. The highest BCUT2D eigenvalue weighted by molar-refractivity contribution is 8.01. The summed E-state index contributed by atoms with van der Waals surface area (Å²) in [5.74, 6) is -0.396. The molecular formula is C13H15N5O2S2. The third kappa shape index (κ3) is 4.71. The van der Waals surface area contributed by atoms with Crippen LogP contribution in [0.2, 0.25) is 0 Å². The van der Waals surface area contributed by atoms with Crippen LogP contribution in [0, 0.1) is 0 Å². The number of anilines is 2. The summed E-state index contributed by atoms with van der Waals surface area (Å²) < 4.78 is 0.633. The molecular weight excluding hydrogens is 322 g/mol. The quantitative estimate of drug-likeness (QED) is 0.732. The fourth-order valence-corrected chi connectivity index (χ4v) is 3.22. The second kappa shape index (κ2) is 7.76. The highest BCUT2D eigenvalue weighted by Crippen LogP contribution is 2.24. The maximum Gasteiger partial charge on any atom is 0.237 e. The molecule has 1 heterocycles. The number of aromatic nitrogens is 2. The second-order valence-electron chi connectivity index (χ2n) is 4.29. The van der Waals surface area contributed by atoms with Crippen LogP contribution in [-0.4, -0.2) is 34.3 Å². The maximum absolute atomic E-state index is 12.4. The van der Waals surface area contributed by atoms with Crippen LogP contribution in [0.3, 0.4) is 0 Å². The summed E-state index contributed by atoms with van der Waals surface area (Å²) in [6.45, 7) is 0.247. The van der Waals surface area contributed by atoms with Crippen molar-refractivity contribution in [2.45, 2.75) is 10.8 Å². The lowest BCUT2D eigenvalue weighted by Gasteiger charge is -2.22. The van der Waals surface area contributed by atoms with E-state index in [1.165, 1.54) is 23.1 Å².